The minimum absolute atomic E-state index is 0.102. The molecule has 0 bridgehead atoms. The lowest BCUT2D eigenvalue weighted by Crippen LogP contribution is -2.28. The molecule has 0 aliphatic heterocycles. The number of aliphatic hydroxyl groups is 1. The summed E-state index contributed by atoms with van der Waals surface area (Å²) in [7, 11) is 0. The van der Waals surface area contributed by atoms with E-state index >= 15 is 0 Å². The molecule has 0 atom stereocenters. The quantitative estimate of drug-likeness (QED) is 0.135. The van der Waals surface area contributed by atoms with Gasteiger partial charge in [-0.25, -0.2) is 9.38 Å². The number of allylic oxidation sites excluding steroid dienone is 1. The third-order valence-corrected chi connectivity index (χ3v) is 5.21. The number of nitrogens with one attached hydrogen (secondary N) is 1. The number of hydrogen-bond acceptors (Lipinski definition) is 6. The predicted molar refractivity (Wildman–Crippen MR) is 123 cm³/mol. The van der Waals surface area contributed by atoms with Gasteiger partial charge in [0.05, 0.1) is 33.1 Å². The summed E-state index contributed by atoms with van der Waals surface area (Å²) >= 11 is 12.2. The van der Waals surface area contributed by atoms with Crippen molar-refractivity contribution in [1.29, 1.82) is 5.41 Å². The van der Waals surface area contributed by atoms with Crippen LogP contribution in [-0.2, 0) is 4.79 Å². The normalized spacial score (nSPS) is 13.5. The Morgan fingerprint density at radius 2 is 1.85 bits per heavy atom. The topological polar surface area (TPSA) is 99.5 Å². The summed E-state index contributed by atoms with van der Waals surface area (Å²) in [6.45, 7) is 0. The minimum Gasteiger partial charge on any atom is -0.506 e. The van der Waals surface area contributed by atoms with Crippen LogP contribution >= 0.6 is 35.0 Å². The van der Waals surface area contributed by atoms with Crippen LogP contribution < -0.4 is 5.73 Å². The van der Waals surface area contributed by atoms with Gasteiger partial charge in [0.15, 0.2) is 5.71 Å². The van der Waals surface area contributed by atoms with Gasteiger partial charge < -0.3 is 10.8 Å². The van der Waals surface area contributed by atoms with E-state index in [1.54, 1.807) is 0 Å². The highest BCUT2D eigenvalue weighted by atomic mass is 35.5. The molecule has 0 radical (unpaired) electrons. The van der Waals surface area contributed by atoms with Crippen LogP contribution in [0.25, 0.3) is 0 Å². The van der Waals surface area contributed by atoms with E-state index < -0.39 is 51.0 Å². The second kappa shape index (κ2) is 10.9. The Morgan fingerprint density at radius 1 is 1.21 bits per heavy atom. The summed E-state index contributed by atoms with van der Waals surface area (Å²) in [5.41, 5.74) is -0.0493. The van der Waals surface area contributed by atoms with E-state index in [4.69, 9.17) is 34.3 Å². The van der Waals surface area contributed by atoms with Gasteiger partial charge in [0, 0.05) is 11.2 Å². The Bertz CT molecular complexity index is 1170. The third kappa shape index (κ3) is 6.16. The fourth-order valence-electron chi connectivity index (χ4n) is 2.64. The standard InChI is InChI=1S/C21H15Cl2F4N3O2S/c1-33-20(32)16(17(29)15-13(23)6-3-7-14(15)24)18(31)12(9-28)19(21(25,26)27)30-11-5-2-4-10(22)8-11/h2-9,29,31H,28H2,1H3/b12-9?,18-16+,29-17?,30-19?. The van der Waals surface area contributed by atoms with Crippen LogP contribution in [0, 0.1) is 11.2 Å². The molecule has 0 aliphatic rings. The van der Waals surface area contributed by atoms with Crippen molar-refractivity contribution in [3.63, 3.8) is 0 Å². The number of alkyl halides is 3. The first-order chi connectivity index (χ1) is 15.4. The first-order valence-corrected chi connectivity index (χ1v) is 10.8. The molecule has 0 fully saturated rings. The molecule has 0 aromatic heterocycles. The Labute approximate surface area is 200 Å². The number of benzene rings is 2. The van der Waals surface area contributed by atoms with Gasteiger partial charge in [0.1, 0.15) is 11.6 Å². The molecular weight excluding hydrogens is 505 g/mol. The first-order valence-electron chi connectivity index (χ1n) is 8.81. The van der Waals surface area contributed by atoms with E-state index in [0.717, 1.165) is 12.1 Å². The summed E-state index contributed by atoms with van der Waals surface area (Å²) in [6.07, 6.45) is -3.49. The molecule has 33 heavy (non-hydrogen) atoms. The van der Waals surface area contributed by atoms with Crippen LogP contribution in [0.2, 0.25) is 10.0 Å². The van der Waals surface area contributed by atoms with Crippen molar-refractivity contribution in [3.8, 4) is 0 Å². The molecule has 2 aromatic carbocycles. The Morgan fingerprint density at radius 3 is 2.36 bits per heavy atom. The molecule has 12 heteroatoms. The van der Waals surface area contributed by atoms with Crippen molar-refractivity contribution in [2.24, 2.45) is 10.7 Å². The van der Waals surface area contributed by atoms with Crippen LogP contribution in [0.4, 0.5) is 23.2 Å². The number of hydrogen-bond donors (Lipinski definition) is 3. The van der Waals surface area contributed by atoms with Gasteiger partial charge in [-0.1, -0.05) is 47.1 Å². The number of carbonyl (C=O) groups is 1. The second-order valence-corrected chi connectivity index (χ2v) is 7.83. The lowest BCUT2D eigenvalue weighted by Gasteiger charge is -2.17. The molecule has 2 aromatic rings. The zero-order valence-corrected chi connectivity index (χ0v) is 19.0. The van der Waals surface area contributed by atoms with Crippen LogP contribution in [0.5, 0.6) is 0 Å². The van der Waals surface area contributed by atoms with Crippen LogP contribution in [0.3, 0.4) is 0 Å². The van der Waals surface area contributed by atoms with E-state index in [0.29, 0.717) is 18.0 Å². The zero-order valence-electron chi connectivity index (χ0n) is 16.7. The summed E-state index contributed by atoms with van der Waals surface area (Å²) < 4.78 is 56.0. The summed E-state index contributed by atoms with van der Waals surface area (Å²) in [6, 6.07) is 8.52. The Hall–Kier alpha value is -2.82. The number of aliphatic imine (C=N–C) groups is 1. The van der Waals surface area contributed by atoms with Crippen molar-refractivity contribution < 1.29 is 27.5 Å². The van der Waals surface area contributed by atoms with Crippen molar-refractivity contribution in [2.45, 2.75) is 6.18 Å². The molecule has 5 nitrogen and oxygen atoms in total. The number of aliphatic hydroxyl groups excluding tert-OH is 1. The van der Waals surface area contributed by atoms with Gasteiger partial charge in [-0.15, -0.1) is 0 Å². The van der Waals surface area contributed by atoms with Gasteiger partial charge in [-0.3, -0.25) is 10.2 Å². The van der Waals surface area contributed by atoms with E-state index in [-0.39, 0.29) is 15.7 Å². The number of carbonyl (C=O) groups excluding carboxylic acids is 1. The van der Waals surface area contributed by atoms with Crippen LogP contribution in [-0.4, -0.2) is 34.1 Å². The van der Waals surface area contributed by atoms with Gasteiger partial charge in [-0.05, 0) is 36.6 Å². The van der Waals surface area contributed by atoms with E-state index in [1.165, 1.54) is 36.6 Å². The highest BCUT2D eigenvalue weighted by Crippen LogP contribution is 2.32. The molecule has 0 heterocycles. The number of nitrogens with zero attached hydrogens (tertiary/aromatic N) is 1. The van der Waals surface area contributed by atoms with Crippen LogP contribution in [0.15, 0.2) is 70.6 Å². The average molecular weight is 520 g/mol. The maximum absolute atomic E-state index is 14.3. The fraction of sp³-hybridized carbons (Fsp3) is 0.0952. The molecule has 0 amide bonds. The smallest absolute Gasteiger partial charge is 0.434 e. The lowest BCUT2D eigenvalue weighted by molar-refractivity contribution is -0.107. The first kappa shape index (κ1) is 26.4. The van der Waals surface area contributed by atoms with Gasteiger partial charge in [0.25, 0.3) is 0 Å². The van der Waals surface area contributed by atoms with Gasteiger partial charge in [0.2, 0.25) is 5.12 Å². The predicted octanol–water partition coefficient (Wildman–Crippen LogP) is 6.38. The zero-order chi connectivity index (χ0) is 24.9. The van der Waals surface area contributed by atoms with Gasteiger partial charge >= 0.3 is 6.18 Å². The molecule has 2 rings (SSSR count). The lowest BCUT2D eigenvalue weighted by atomic mass is 9.97. The number of rotatable bonds is 6. The van der Waals surface area contributed by atoms with Crippen LogP contribution in [0.1, 0.15) is 5.56 Å². The maximum atomic E-state index is 14.3. The van der Waals surface area contributed by atoms with Crippen molar-refractivity contribution in [1.82, 2.24) is 0 Å². The second-order valence-electron chi connectivity index (χ2n) is 6.21. The summed E-state index contributed by atoms with van der Waals surface area (Å²) in [5, 5.41) is 17.8. The van der Waals surface area contributed by atoms with Crippen molar-refractivity contribution >= 4 is 57.2 Å². The number of nitrogens with two attached hydrogens (primary N) is 1. The summed E-state index contributed by atoms with van der Waals surface area (Å²) in [4.78, 5) is 16.0. The number of thioether (sulfide) groups is 1. The fourth-order valence-corrected chi connectivity index (χ4v) is 3.48. The molecule has 0 aliphatic carbocycles. The highest BCUT2D eigenvalue weighted by Gasteiger charge is 2.41. The average Bonchev–Trinajstić information content (AvgIpc) is 2.73. The Balaban J connectivity index is 2.80. The Kier molecular flexibility index (Phi) is 8.70. The molecule has 174 valence electrons. The largest absolute Gasteiger partial charge is 0.506 e. The van der Waals surface area contributed by atoms with E-state index in [1.807, 2.05) is 0 Å². The highest BCUT2D eigenvalue weighted by molar-refractivity contribution is 8.13. The summed E-state index contributed by atoms with van der Waals surface area (Å²) in [5.74, 6) is -2.34. The maximum Gasteiger partial charge on any atom is 0.434 e. The molecule has 0 spiro atoms. The number of halogens is 6. The SMILES string of the molecule is CSC(=O)/C(C(=N)c1c(F)cccc1Cl)=C(/O)C(=CN)C(=Nc1cccc(Cl)c1)C(F)(F)F. The van der Waals surface area contributed by atoms with Crippen molar-refractivity contribution in [2.75, 3.05) is 6.26 Å². The molecule has 0 saturated carbocycles. The monoisotopic (exact) mass is 519 g/mol. The van der Waals surface area contributed by atoms with Crippen molar-refractivity contribution in [3.05, 3.63) is 87.0 Å². The minimum atomic E-state index is -5.15. The molecule has 0 unspecified atom stereocenters. The van der Waals surface area contributed by atoms with E-state index in [2.05, 4.69) is 4.99 Å². The third-order valence-electron chi connectivity index (χ3n) is 4.08. The molecule has 0 saturated heterocycles. The van der Waals surface area contributed by atoms with E-state index in [9.17, 15) is 27.5 Å². The molecular formula is C21H15Cl2F4N3O2S. The molecule has 4 N–H and O–H groups in total. The van der Waals surface area contributed by atoms with Gasteiger partial charge in [-0.2, -0.15) is 13.2 Å².